The summed E-state index contributed by atoms with van der Waals surface area (Å²) in [6.07, 6.45) is -0.502. The number of rotatable bonds is 3. The maximum Gasteiger partial charge on any atom is 1.00 e. The van der Waals surface area contributed by atoms with Gasteiger partial charge < -0.3 is 9.84 Å². The summed E-state index contributed by atoms with van der Waals surface area (Å²) in [7, 11) is 0. The van der Waals surface area contributed by atoms with Crippen molar-refractivity contribution in [1.82, 2.24) is 0 Å². The molecule has 0 radical (unpaired) electrons. The van der Waals surface area contributed by atoms with Crippen molar-refractivity contribution in [3.8, 4) is 0 Å². The van der Waals surface area contributed by atoms with Crippen molar-refractivity contribution in [3.63, 3.8) is 0 Å². The van der Waals surface area contributed by atoms with Crippen molar-refractivity contribution in [2.75, 3.05) is 6.61 Å². The third kappa shape index (κ3) is 14.9. The fourth-order valence-corrected chi connectivity index (χ4v) is 0.461. The minimum absolute atomic E-state index is 0. The Morgan fingerprint density at radius 3 is 2.36 bits per heavy atom. The summed E-state index contributed by atoms with van der Waals surface area (Å²) in [6, 6.07) is 0. The van der Waals surface area contributed by atoms with E-state index in [-0.39, 0.29) is 93.3 Å². The SMILES string of the molecule is CCOC(=O)CC(C)O.[K+].[Na+]. The predicted molar refractivity (Wildman–Crippen MR) is 32.9 cm³/mol. The van der Waals surface area contributed by atoms with Crippen LogP contribution in [0, 0.1) is 0 Å². The molecule has 1 N–H and O–H groups in total. The molecule has 0 aromatic heterocycles. The molecule has 54 valence electrons. The molecule has 0 aromatic carbocycles. The smallest absolute Gasteiger partial charge is 0.466 e. The van der Waals surface area contributed by atoms with E-state index in [1.165, 1.54) is 0 Å². The van der Waals surface area contributed by atoms with Gasteiger partial charge in [-0.2, -0.15) is 0 Å². The molecule has 0 aliphatic carbocycles. The van der Waals surface area contributed by atoms with Gasteiger partial charge in [-0.25, -0.2) is 0 Å². The first-order chi connectivity index (χ1) is 4.16. The number of carbonyl (C=O) groups excluding carboxylic acids is 1. The number of hydrogen-bond acceptors (Lipinski definition) is 3. The van der Waals surface area contributed by atoms with Crippen molar-refractivity contribution in [3.05, 3.63) is 0 Å². The van der Waals surface area contributed by atoms with Crippen molar-refractivity contribution in [1.29, 1.82) is 0 Å². The third-order valence-electron chi connectivity index (χ3n) is 0.767. The number of esters is 1. The summed E-state index contributed by atoms with van der Waals surface area (Å²) in [5.41, 5.74) is 0. The second-order valence-corrected chi connectivity index (χ2v) is 1.86. The Kier molecular flexibility index (Phi) is 20.6. The largest absolute Gasteiger partial charge is 1.00 e. The Labute approximate surface area is 132 Å². The Balaban J connectivity index is -0.000000320. The van der Waals surface area contributed by atoms with Crippen molar-refractivity contribution in [2.45, 2.75) is 26.4 Å². The van der Waals surface area contributed by atoms with Crippen LogP contribution in [0.1, 0.15) is 20.3 Å². The van der Waals surface area contributed by atoms with Crippen LogP contribution in [0.4, 0.5) is 0 Å². The van der Waals surface area contributed by atoms with E-state index in [0.717, 1.165) is 0 Å². The van der Waals surface area contributed by atoms with E-state index in [0.29, 0.717) is 6.61 Å². The number of aliphatic hydroxyl groups excluding tert-OH is 1. The van der Waals surface area contributed by atoms with Gasteiger partial charge in [-0.15, -0.1) is 0 Å². The van der Waals surface area contributed by atoms with Gasteiger partial charge in [0.25, 0.3) is 0 Å². The van der Waals surface area contributed by atoms with E-state index in [2.05, 4.69) is 4.74 Å². The summed E-state index contributed by atoms with van der Waals surface area (Å²) in [4.78, 5) is 10.5. The van der Waals surface area contributed by atoms with E-state index < -0.39 is 6.10 Å². The van der Waals surface area contributed by atoms with Crippen LogP contribution in [0.2, 0.25) is 0 Å². The molecule has 0 aliphatic rings. The van der Waals surface area contributed by atoms with E-state index in [1.54, 1.807) is 13.8 Å². The first-order valence-electron chi connectivity index (χ1n) is 3.00. The number of ether oxygens (including phenoxy) is 1. The zero-order chi connectivity index (χ0) is 7.28. The molecule has 11 heavy (non-hydrogen) atoms. The standard InChI is InChI=1S/C6H12O3.K.Na/c1-3-9-6(8)4-5(2)7;;/h5,7H,3-4H2,1-2H3;;/q;2*+1. The Hall–Kier alpha value is 2.07. The van der Waals surface area contributed by atoms with Crippen LogP contribution in [0.25, 0.3) is 0 Å². The van der Waals surface area contributed by atoms with Gasteiger partial charge in [0.2, 0.25) is 0 Å². The number of aliphatic hydroxyl groups is 1. The first kappa shape index (κ1) is 18.8. The average molecular weight is 194 g/mol. The monoisotopic (exact) mass is 194 g/mol. The molecule has 1 atom stereocenters. The predicted octanol–water partition coefficient (Wildman–Crippen LogP) is -5.67. The van der Waals surface area contributed by atoms with Gasteiger partial charge in [0.15, 0.2) is 0 Å². The molecule has 0 aliphatic heterocycles. The van der Waals surface area contributed by atoms with E-state index in [1.807, 2.05) is 0 Å². The van der Waals surface area contributed by atoms with Crippen LogP contribution in [0.3, 0.4) is 0 Å². The summed E-state index contributed by atoms with van der Waals surface area (Å²) in [6.45, 7) is 3.67. The van der Waals surface area contributed by atoms with Crippen LogP contribution >= 0.6 is 0 Å². The zero-order valence-electron chi connectivity index (χ0n) is 7.76. The van der Waals surface area contributed by atoms with Gasteiger partial charge in [-0.05, 0) is 13.8 Å². The minimum Gasteiger partial charge on any atom is -0.466 e. The summed E-state index contributed by atoms with van der Waals surface area (Å²) < 4.78 is 4.55. The van der Waals surface area contributed by atoms with Gasteiger partial charge in [-0.3, -0.25) is 4.79 Å². The molecule has 0 rings (SSSR count). The molecule has 0 fully saturated rings. The van der Waals surface area contributed by atoms with Gasteiger partial charge in [0.1, 0.15) is 0 Å². The summed E-state index contributed by atoms with van der Waals surface area (Å²) in [5, 5.41) is 8.65. The second-order valence-electron chi connectivity index (χ2n) is 1.86. The Morgan fingerprint density at radius 1 is 1.64 bits per heavy atom. The first-order valence-corrected chi connectivity index (χ1v) is 3.00. The zero-order valence-corrected chi connectivity index (χ0v) is 12.9. The van der Waals surface area contributed by atoms with Crippen LogP contribution in [0.5, 0.6) is 0 Å². The minimum atomic E-state index is -0.593. The average Bonchev–Trinajstić information content (AvgIpc) is 1.63. The Morgan fingerprint density at radius 2 is 2.09 bits per heavy atom. The van der Waals surface area contributed by atoms with Crippen LogP contribution < -0.4 is 80.9 Å². The fourth-order valence-electron chi connectivity index (χ4n) is 0.461. The van der Waals surface area contributed by atoms with Crippen molar-refractivity contribution < 1.29 is 95.6 Å². The molecule has 0 amide bonds. The maximum atomic E-state index is 10.5. The molecule has 3 nitrogen and oxygen atoms in total. The normalized spacial score (nSPS) is 10.5. The van der Waals surface area contributed by atoms with Gasteiger partial charge in [-0.1, -0.05) is 0 Å². The molecular weight excluding hydrogens is 182 g/mol. The summed E-state index contributed by atoms with van der Waals surface area (Å²) in [5.74, 6) is -0.340. The molecule has 0 spiro atoms. The second kappa shape index (κ2) is 12.1. The number of hydrogen-bond donors (Lipinski definition) is 1. The van der Waals surface area contributed by atoms with Gasteiger partial charge >= 0.3 is 86.9 Å². The molecule has 1 unspecified atom stereocenters. The van der Waals surface area contributed by atoms with Gasteiger partial charge in [0.05, 0.1) is 19.1 Å². The third-order valence-corrected chi connectivity index (χ3v) is 0.767. The van der Waals surface area contributed by atoms with Gasteiger partial charge in [0, 0.05) is 0 Å². The van der Waals surface area contributed by atoms with E-state index >= 15 is 0 Å². The molecule has 0 aromatic rings. The van der Waals surface area contributed by atoms with Crippen LogP contribution in [0.15, 0.2) is 0 Å². The Bertz CT molecular complexity index is 97.8. The van der Waals surface area contributed by atoms with E-state index in [9.17, 15) is 4.79 Å². The molecule has 0 saturated heterocycles. The molecule has 0 bridgehead atoms. The molecule has 0 heterocycles. The molecular formula is C6H12KNaO3+2. The van der Waals surface area contributed by atoms with Crippen LogP contribution in [-0.2, 0) is 9.53 Å². The van der Waals surface area contributed by atoms with E-state index in [4.69, 9.17) is 5.11 Å². The molecule has 5 heteroatoms. The number of carbonyl (C=O) groups is 1. The quantitative estimate of drug-likeness (QED) is 0.360. The van der Waals surface area contributed by atoms with Crippen LogP contribution in [-0.4, -0.2) is 23.8 Å². The maximum absolute atomic E-state index is 10.5. The summed E-state index contributed by atoms with van der Waals surface area (Å²) >= 11 is 0. The van der Waals surface area contributed by atoms with Crippen molar-refractivity contribution >= 4 is 5.97 Å². The fraction of sp³-hybridized carbons (Fsp3) is 0.833. The van der Waals surface area contributed by atoms with Crippen molar-refractivity contribution in [2.24, 2.45) is 0 Å². The molecule has 0 saturated carbocycles. The topological polar surface area (TPSA) is 46.5 Å².